The summed E-state index contributed by atoms with van der Waals surface area (Å²) < 4.78 is 17.0. The number of ether oxygens (including phenoxy) is 1. The fourth-order valence-electron chi connectivity index (χ4n) is 2.99. The van der Waals surface area contributed by atoms with Gasteiger partial charge >= 0.3 is 7.60 Å². The summed E-state index contributed by atoms with van der Waals surface area (Å²) in [5, 5.41) is 9.94. The van der Waals surface area contributed by atoms with Crippen molar-refractivity contribution in [2.45, 2.75) is 40.0 Å². The van der Waals surface area contributed by atoms with E-state index >= 15 is 0 Å². The Morgan fingerprint density at radius 3 is 2.22 bits per heavy atom. The van der Waals surface area contributed by atoms with Crippen LogP contribution in [0.4, 0.5) is 0 Å². The number of rotatable bonds is 7. The summed E-state index contributed by atoms with van der Waals surface area (Å²) in [4.78, 5) is 29.6. The molecule has 2 aromatic rings. The van der Waals surface area contributed by atoms with Crippen LogP contribution >= 0.6 is 7.60 Å². The largest absolute Gasteiger partial charge is 0.508 e. The molecule has 0 atom stereocenters. The van der Waals surface area contributed by atoms with E-state index in [0.29, 0.717) is 17.1 Å². The molecule has 0 saturated heterocycles. The third kappa shape index (κ3) is 5.93. The van der Waals surface area contributed by atoms with Gasteiger partial charge in [0.15, 0.2) is 0 Å². The van der Waals surface area contributed by atoms with Crippen molar-refractivity contribution in [3.05, 3.63) is 52.6 Å². The Balaban J connectivity index is 2.24. The molecule has 0 saturated carbocycles. The average molecular weight is 392 g/mol. The van der Waals surface area contributed by atoms with Crippen molar-refractivity contribution in [3.8, 4) is 17.2 Å². The number of ketones is 1. The predicted molar refractivity (Wildman–Crippen MR) is 104 cm³/mol. The van der Waals surface area contributed by atoms with Crippen LogP contribution in [0.3, 0.4) is 0 Å². The average Bonchev–Trinajstić information content (AvgIpc) is 2.50. The monoisotopic (exact) mass is 392 g/mol. The van der Waals surface area contributed by atoms with Gasteiger partial charge in [-0.1, -0.05) is 26.0 Å². The first-order valence-corrected chi connectivity index (χ1v) is 10.4. The van der Waals surface area contributed by atoms with Gasteiger partial charge in [-0.15, -0.1) is 0 Å². The Morgan fingerprint density at radius 2 is 1.70 bits per heavy atom. The maximum atomic E-state index is 11.8. The van der Waals surface area contributed by atoms with Crippen molar-refractivity contribution >= 4 is 13.4 Å². The summed E-state index contributed by atoms with van der Waals surface area (Å²) in [6.07, 6.45) is -0.793. The lowest BCUT2D eigenvalue weighted by Gasteiger charge is -2.16. The zero-order chi connectivity index (χ0) is 20.4. The third-order valence-corrected chi connectivity index (χ3v) is 4.91. The molecule has 0 aliphatic rings. The number of aryl methyl sites for hydroxylation is 2. The Hall–Kier alpha value is -2.14. The van der Waals surface area contributed by atoms with Crippen LogP contribution in [0.25, 0.3) is 0 Å². The number of hydrogen-bond acceptors (Lipinski definition) is 4. The topological polar surface area (TPSA) is 104 Å². The summed E-state index contributed by atoms with van der Waals surface area (Å²) in [6.45, 7) is 7.67. The first-order chi connectivity index (χ1) is 12.5. The van der Waals surface area contributed by atoms with E-state index in [0.717, 1.165) is 16.7 Å². The highest BCUT2D eigenvalue weighted by atomic mass is 31.2. The fraction of sp³-hybridized carbons (Fsp3) is 0.350. The van der Waals surface area contributed by atoms with Crippen molar-refractivity contribution in [3.63, 3.8) is 0 Å². The predicted octanol–water partition coefficient (Wildman–Crippen LogP) is 4.21. The van der Waals surface area contributed by atoms with Gasteiger partial charge in [0.1, 0.15) is 29.2 Å². The maximum Gasteiger partial charge on any atom is 0.332 e. The molecule has 0 aliphatic heterocycles. The van der Waals surface area contributed by atoms with Crippen LogP contribution < -0.4 is 4.74 Å². The summed E-state index contributed by atoms with van der Waals surface area (Å²) in [5.74, 6) is 1.13. The third-order valence-electron chi connectivity index (χ3n) is 4.14. The van der Waals surface area contributed by atoms with Crippen molar-refractivity contribution in [1.29, 1.82) is 0 Å². The summed E-state index contributed by atoms with van der Waals surface area (Å²) in [5.41, 5.74) is 3.10. The minimum absolute atomic E-state index is 0.0379. The van der Waals surface area contributed by atoms with E-state index in [1.807, 2.05) is 27.7 Å². The number of Topliss-reactive ketones (excluding diaryl/α,β-unsaturated/α-hetero) is 1. The number of benzene rings is 2. The molecule has 2 aromatic carbocycles. The Kier molecular flexibility index (Phi) is 6.47. The zero-order valence-electron chi connectivity index (χ0n) is 15.9. The highest BCUT2D eigenvalue weighted by molar-refractivity contribution is 7.52. The van der Waals surface area contributed by atoms with E-state index in [1.165, 1.54) is 0 Å². The second-order valence-electron chi connectivity index (χ2n) is 7.07. The van der Waals surface area contributed by atoms with Crippen LogP contribution in [0.5, 0.6) is 17.2 Å². The van der Waals surface area contributed by atoms with E-state index in [-0.39, 0.29) is 18.1 Å². The minimum atomic E-state index is -4.35. The van der Waals surface area contributed by atoms with Crippen LogP contribution in [0.2, 0.25) is 0 Å². The Bertz CT molecular complexity index is 874. The van der Waals surface area contributed by atoms with Crippen LogP contribution in [-0.2, 0) is 15.8 Å². The second kappa shape index (κ2) is 8.26. The fourth-order valence-corrected chi connectivity index (χ4v) is 3.56. The molecular formula is C20H25O6P. The number of carbonyl (C=O) groups is 1. The molecule has 0 radical (unpaired) electrons. The summed E-state index contributed by atoms with van der Waals surface area (Å²) in [7, 11) is -4.35. The van der Waals surface area contributed by atoms with Crippen LogP contribution in [0.15, 0.2) is 30.3 Å². The van der Waals surface area contributed by atoms with Gasteiger partial charge in [0.25, 0.3) is 0 Å². The van der Waals surface area contributed by atoms with Gasteiger partial charge < -0.3 is 19.6 Å². The summed E-state index contributed by atoms with van der Waals surface area (Å²) >= 11 is 0. The Labute approximate surface area is 159 Å². The van der Waals surface area contributed by atoms with Gasteiger partial charge in [-0.3, -0.25) is 9.36 Å². The highest BCUT2D eigenvalue weighted by Gasteiger charge is 2.20. The highest BCUT2D eigenvalue weighted by Crippen LogP contribution is 2.36. The quantitative estimate of drug-likeness (QED) is 0.610. The van der Waals surface area contributed by atoms with Crippen LogP contribution in [0, 0.1) is 13.8 Å². The molecule has 0 amide bonds. The SMILES string of the molecule is Cc1cc(CC(=O)CP(=O)(O)O)cc(C)c1Oc1ccc(O)c(C(C)C)c1. The molecule has 146 valence electrons. The molecule has 0 spiro atoms. The molecule has 2 rings (SSSR count). The van der Waals surface area contributed by atoms with E-state index < -0.39 is 19.5 Å². The van der Waals surface area contributed by atoms with E-state index in [2.05, 4.69) is 0 Å². The molecule has 27 heavy (non-hydrogen) atoms. The molecule has 6 nitrogen and oxygen atoms in total. The molecule has 0 bridgehead atoms. The molecular weight excluding hydrogens is 367 g/mol. The van der Waals surface area contributed by atoms with Crippen molar-refractivity contribution in [2.75, 3.05) is 6.16 Å². The van der Waals surface area contributed by atoms with E-state index in [4.69, 9.17) is 14.5 Å². The molecule has 0 unspecified atom stereocenters. The van der Waals surface area contributed by atoms with Crippen LogP contribution in [-0.4, -0.2) is 26.8 Å². The molecule has 0 aromatic heterocycles. The van der Waals surface area contributed by atoms with Crippen molar-refractivity contribution in [2.24, 2.45) is 0 Å². The second-order valence-corrected chi connectivity index (χ2v) is 8.72. The lowest BCUT2D eigenvalue weighted by molar-refractivity contribution is -0.116. The Morgan fingerprint density at radius 1 is 1.11 bits per heavy atom. The van der Waals surface area contributed by atoms with Gasteiger partial charge in [0.05, 0.1) is 0 Å². The zero-order valence-corrected chi connectivity index (χ0v) is 16.8. The number of phenols is 1. The van der Waals surface area contributed by atoms with Gasteiger partial charge in [-0.2, -0.15) is 0 Å². The number of hydrogen-bond donors (Lipinski definition) is 3. The van der Waals surface area contributed by atoms with Gasteiger partial charge in [-0.25, -0.2) is 0 Å². The molecule has 7 heteroatoms. The smallest absolute Gasteiger partial charge is 0.332 e. The number of carbonyl (C=O) groups excluding carboxylic acids is 1. The van der Waals surface area contributed by atoms with Gasteiger partial charge in [-0.05, 0) is 54.7 Å². The van der Waals surface area contributed by atoms with Crippen LogP contribution in [0.1, 0.15) is 42.0 Å². The van der Waals surface area contributed by atoms with Gasteiger partial charge in [0, 0.05) is 12.0 Å². The molecule has 0 aliphatic carbocycles. The van der Waals surface area contributed by atoms with Crippen molar-refractivity contribution in [1.82, 2.24) is 0 Å². The number of aromatic hydroxyl groups is 1. The standard InChI is InChI=1S/C20H25O6P/c1-12(2)18-10-17(5-6-19(18)22)26-20-13(3)7-15(8-14(20)4)9-16(21)11-27(23,24)25/h5-8,10,12,22H,9,11H2,1-4H3,(H2,23,24,25). The maximum absolute atomic E-state index is 11.8. The normalized spacial score (nSPS) is 11.7. The summed E-state index contributed by atoms with van der Waals surface area (Å²) in [6, 6.07) is 8.66. The minimum Gasteiger partial charge on any atom is -0.508 e. The molecule has 0 fully saturated rings. The lowest BCUT2D eigenvalue weighted by Crippen LogP contribution is -2.09. The first kappa shape index (κ1) is 21.2. The number of phenolic OH excluding ortho intramolecular Hbond substituents is 1. The van der Waals surface area contributed by atoms with E-state index in [9.17, 15) is 14.5 Å². The van der Waals surface area contributed by atoms with Gasteiger partial charge in [0.2, 0.25) is 0 Å². The van der Waals surface area contributed by atoms with Crippen molar-refractivity contribution < 1.29 is 29.0 Å². The molecule has 0 heterocycles. The lowest BCUT2D eigenvalue weighted by atomic mass is 10.0. The van der Waals surface area contributed by atoms with E-state index in [1.54, 1.807) is 30.3 Å². The first-order valence-electron chi connectivity index (χ1n) is 8.63. The molecule has 3 N–H and O–H groups in total.